The molecule has 0 atom stereocenters. The van der Waals surface area contributed by atoms with Crippen LogP contribution < -0.4 is 0 Å². The Morgan fingerprint density at radius 1 is 0.875 bits per heavy atom. The third-order valence-corrected chi connectivity index (χ3v) is 0. The molecule has 0 fully saturated rings. The summed E-state index contributed by atoms with van der Waals surface area (Å²) in [5.74, 6) is 0. The summed E-state index contributed by atoms with van der Waals surface area (Å²) in [7, 11) is -4.61. The predicted octanol–water partition coefficient (Wildman–Crippen LogP) is -6.16. The van der Waals surface area contributed by atoms with Crippen LogP contribution in [0.2, 0.25) is 0 Å². The van der Waals surface area contributed by atoms with Crippen LogP contribution in [0.15, 0.2) is 0 Å². The van der Waals surface area contributed by atoms with E-state index in [4.69, 9.17) is 19.2 Å². The molecule has 0 heterocycles. The zero-order valence-corrected chi connectivity index (χ0v) is 3.29. The number of hydrogen-bond acceptors (Lipinski definition) is 4. The molecule has 0 unspecified atom stereocenters. The van der Waals surface area contributed by atoms with Gasteiger partial charge in [0.1, 0.15) is 0 Å². The van der Waals surface area contributed by atoms with Gasteiger partial charge in [-0.2, -0.15) is 0 Å². The first-order valence-corrected chi connectivity index (χ1v) is 2.68. The summed E-state index contributed by atoms with van der Waals surface area (Å²) in [5, 5.41) is 0. The van der Waals surface area contributed by atoms with Crippen molar-refractivity contribution in [3.8, 4) is 0 Å². The maximum atomic E-state index is 7.33. The van der Waals surface area contributed by atoms with Crippen molar-refractivity contribution >= 4 is 95.3 Å². The van der Waals surface area contributed by atoms with E-state index < -0.39 is 9.05 Å². The molecular formula is H13BaGaGeO4Si. The molecule has 4 nitrogen and oxygen atoms in total. The zero-order chi connectivity index (χ0) is 4.50. The van der Waals surface area contributed by atoms with Gasteiger partial charge in [0, 0.05) is 0 Å². The average Bonchev–Trinajstić information content (AvgIpc) is 0.722. The van der Waals surface area contributed by atoms with E-state index in [1.807, 2.05) is 0 Å². The van der Waals surface area contributed by atoms with Gasteiger partial charge in [-0.15, -0.1) is 0 Å². The third-order valence-electron chi connectivity index (χ3n) is 0. The molecule has 0 amide bonds. The second-order valence-corrected chi connectivity index (χ2v) is 1.80. The topological polar surface area (TPSA) is 80.9 Å². The maximum absolute atomic E-state index is 7.33. The van der Waals surface area contributed by atoms with E-state index in [2.05, 4.69) is 0 Å². The molecule has 0 aliphatic rings. The van der Waals surface area contributed by atoms with Crippen LogP contribution in [0, 0.1) is 0 Å². The molecule has 0 rings (SSSR count). The number of rotatable bonds is 0. The van der Waals surface area contributed by atoms with Crippen LogP contribution >= 0.6 is 0 Å². The van der Waals surface area contributed by atoms with Crippen molar-refractivity contribution in [3.63, 3.8) is 0 Å². The second-order valence-electron chi connectivity index (χ2n) is 0.600. The van der Waals surface area contributed by atoms with Crippen LogP contribution in [0.25, 0.3) is 0 Å². The van der Waals surface area contributed by atoms with E-state index in [9.17, 15) is 0 Å². The molecule has 0 aliphatic heterocycles. The van der Waals surface area contributed by atoms with Gasteiger partial charge in [0.05, 0.1) is 0 Å². The van der Waals surface area contributed by atoms with Crippen molar-refractivity contribution in [3.05, 3.63) is 0 Å². The van der Waals surface area contributed by atoms with E-state index in [0.717, 1.165) is 0 Å². The van der Waals surface area contributed by atoms with Crippen LogP contribution in [-0.2, 0) is 0 Å². The fourth-order valence-electron chi connectivity index (χ4n) is 0. The van der Waals surface area contributed by atoms with E-state index in [-0.39, 0.29) is 86.3 Å². The van der Waals surface area contributed by atoms with Crippen LogP contribution in [0.1, 0.15) is 0 Å². The SMILES string of the molecule is O[Si](O)(O)O.[BaH2].[GaH3].[GeH4]. The van der Waals surface area contributed by atoms with E-state index in [1.54, 1.807) is 0 Å². The predicted molar refractivity (Wildman–Crippen MR) is 44.4 cm³/mol. The second kappa shape index (κ2) is 9.81. The first kappa shape index (κ1) is 22.4. The van der Waals surface area contributed by atoms with Crippen LogP contribution in [0.5, 0.6) is 0 Å². The minimum absolute atomic E-state index is 0. The molecule has 4 N–H and O–H groups in total. The first-order chi connectivity index (χ1) is 2.00. The van der Waals surface area contributed by atoms with Gasteiger partial charge in [-0.25, -0.2) is 0 Å². The summed E-state index contributed by atoms with van der Waals surface area (Å²) < 4.78 is 0. The summed E-state index contributed by atoms with van der Waals surface area (Å²) in [6.45, 7) is 0. The Kier molecular flexibility index (Phi) is 27.5. The average molecular weight is 385 g/mol. The van der Waals surface area contributed by atoms with Crippen molar-refractivity contribution in [1.82, 2.24) is 0 Å². The Balaban J connectivity index is -0.0000000267. The summed E-state index contributed by atoms with van der Waals surface area (Å²) >= 11 is 0. The standard InChI is InChI=1S/Ba.Ga.GeH4.H4O4Si.5H/c;;;1-5(2,3)4;;;;;/h;;1H4;1-4H;;;;;. The minimum atomic E-state index is -4.61. The first-order valence-electron chi connectivity index (χ1n) is 0.894. The molecule has 0 aromatic rings. The van der Waals surface area contributed by atoms with Gasteiger partial charge in [0.2, 0.25) is 0 Å². The monoisotopic (exact) mass is 386 g/mol. The molecule has 0 bridgehead atoms. The molecular weight excluding hydrogens is 372 g/mol. The van der Waals surface area contributed by atoms with Crippen molar-refractivity contribution in [2.24, 2.45) is 0 Å². The van der Waals surface area contributed by atoms with Crippen LogP contribution in [0.4, 0.5) is 0 Å². The molecule has 0 spiro atoms. The van der Waals surface area contributed by atoms with Gasteiger partial charge < -0.3 is 19.2 Å². The van der Waals surface area contributed by atoms with Crippen LogP contribution in [0.3, 0.4) is 0 Å². The molecule has 0 radical (unpaired) electrons. The molecule has 0 saturated carbocycles. The van der Waals surface area contributed by atoms with E-state index >= 15 is 0 Å². The van der Waals surface area contributed by atoms with Gasteiger partial charge in [0.25, 0.3) is 0 Å². The van der Waals surface area contributed by atoms with Gasteiger partial charge in [-0.05, 0) is 0 Å². The summed E-state index contributed by atoms with van der Waals surface area (Å²) in [6.07, 6.45) is 0. The van der Waals surface area contributed by atoms with Gasteiger partial charge in [-0.3, -0.25) is 0 Å². The Morgan fingerprint density at radius 2 is 0.875 bits per heavy atom. The van der Waals surface area contributed by atoms with Crippen molar-refractivity contribution in [2.45, 2.75) is 0 Å². The normalized spacial score (nSPS) is 7.50. The van der Waals surface area contributed by atoms with E-state index in [0.29, 0.717) is 0 Å². The molecule has 8 heavy (non-hydrogen) atoms. The van der Waals surface area contributed by atoms with Crippen molar-refractivity contribution in [2.75, 3.05) is 0 Å². The molecule has 0 aromatic carbocycles. The fraction of sp³-hybridized carbons (Fsp3) is 0. The molecule has 0 aliphatic carbocycles. The van der Waals surface area contributed by atoms with Crippen molar-refractivity contribution in [1.29, 1.82) is 0 Å². The molecule has 8 heteroatoms. The van der Waals surface area contributed by atoms with Crippen LogP contribution in [-0.4, -0.2) is 114 Å². The van der Waals surface area contributed by atoms with E-state index in [1.165, 1.54) is 0 Å². The summed E-state index contributed by atoms with van der Waals surface area (Å²) in [4.78, 5) is 29.3. The zero-order valence-electron chi connectivity index (χ0n) is 2.29. The third kappa shape index (κ3) is 68.1. The Bertz CT molecular complexity index is 31.5. The summed E-state index contributed by atoms with van der Waals surface area (Å²) in [6, 6.07) is 0. The Morgan fingerprint density at radius 3 is 0.875 bits per heavy atom. The number of hydrogen-bond donors (Lipinski definition) is 4. The summed E-state index contributed by atoms with van der Waals surface area (Å²) in [5.41, 5.74) is 0. The Hall–Kier alpha value is 2.81. The molecule has 50 valence electrons. The van der Waals surface area contributed by atoms with Gasteiger partial charge in [-0.1, -0.05) is 0 Å². The fourth-order valence-corrected chi connectivity index (χ4v) is 0. The molecule has 0 aromatic heterocycles. The molecule has 0 saturated heterocycles. The van der Waals surface area contributed by atoms with Gasteiger partial charge in [0.15, 0.2) is 0 Å². The quantitative estimate of drug-likeness (QED) is 0.313. The van der Waals surface area contributed by atoms with Gasteiger partial charge >= 0.3 is 95.3 Å². The Labute approximate surface area is 112 Å². The van der Waals surface area contributed by atoms with Crippen molar-refractivity contribution < 1.29 is 19.2 Å².